The first-order valence-corrected chi connectivity index (χ1v) is 11.7. The van der Waals surface area contributed by atoms with Crippen LogP contribution in [-0.4, -0.2) is 60.3 Å². The van der Waals surface area contributed by atoms with E-state index in [4.69, 9.17) is 15.5 Å². The zero-order valence-corrected chi connectivity index (χ0v) is 20.7. The van der Waals surface area contributed by atoms with Crippen molar-refractivity contribution in [2.24, 2.45) is 5.92 Å². The Hall–Kier alpha value is -3.47. The molecule has 1 fully saturated rings. The van der Waals surface area contributed by atoms with E-state index in [-0.39, 0.29) is 17.6 Å². The number of methoxy groups -OCH3 is 1. The van der Waals surface area contributed by atoms with Gasteiger partial charge in [-0.05, 0) is 39.2 Å². The van der Waals surface area contributed by atoms with Crippen LogP contribution in [0, 0.1) is 18.7 Å². The zero-order chi connectivity index (χ0) is 25.1. The maximum atomic E-state index is 14.5. The number of nitrogens with two attached hydrogens (primary N) is 1. The minimum absolute atomic E-state index is 0.0493. The van der Waals surface area contributed by atoms with E-state index in [1.807, 2.05) is 17.8 Å². The lowest BCUT2D eigenvalue weighted by atomic mass is 9.89. The van der Waals surface area contributed by atoms with Gasteiger partial charge in [-0.1, -0.05) is 6.92 Å². The number of halogens is 1. The highest BCUT2D eigenvalue weighted by atomic mass is 19.1. The number of rotatable bonds is 5. The van der Waals surface area contributed by atoms with Gasteiger partial charge in [-0.25, -0.2) is 14.4 Å². The molecule has 186 valence electrons. The molecule has 1 aliphatic rings. The summed E-state index contributed by atoms with van der Waals surface area (Å²) < 4.78 is 22.9. The maximum Gasteiger partial charge on any atom is 0.223 e. The monoisotopic (exact) mass is 482 g/mol. The van der Waals surface area contributed by atoms with E-state index in [9.17, 15) is 9.50 Å². The number of hydrogen-bond acceptors (Lipinski definition) is 8. The van der Waals surface area contributed by atoms with Gasteiger partial charge in [-0.2, -0.15) is 9.61 Å². The lowest BCUT2D eigenvalue weighted by molar-refractivity contribution is 0.0571. The number of piperidine rings is 1. The molecule has 3 aromatic heterocycles. The van der Waals surface area contributed by atoms with Gasteiger partial charge >= 0.3 is 0 Å². The van der Waals surface area contributed by atoms with Crippen LogP contribution in [0.25, 0.3) is 16.6 Å². The molecule has 0 aliphatic carbocycles. The van der Waals surface area contributed by atoms with Crippen LogP contribution >= 0.6 is 0 Å². The molecule has 1 saturated heterocycles. The third kappa shape index (κ3) is 4.24. The van der Waals surface area contributed by atoms with E-state index in [1.165, 1.54) is 23.8 Å². The smallest absolute Gasteiger partial charge is 0.223 e. The second-order valence-corrected chi connectivity index (χ2v) is 10.2. The second kappa shape index (κ2) is 8.33. The number of fused-ring (bicyclic) bond motifs is 3. The molecule has 2 atom stereocenters. The average Bonchev–Trinajstić information content (AvgIpc) is 3.38. The first kappa shape index (κ1) is 23.3. The fourth-order valence-corrected chi connectivity index (χ4v) is 4.98. The Bertz CT molecular complexity index is 1410. The number of hydrogen-bond donors (Lipinski definition) is 2. The number of anilines is 2. The van der Waals surface area contributed by atoms with Crippen molar-refractivity contribution in [3.8, 4) is 5.75 Å². The first-order chi connectivity index (χ1) is 16.5. The Morgan fingerprint density at radius 1 is 1.26 bits per heavy atom. The van der Waals surface area contributed by atoms with Crippen molar-refractivity contribution >= 4 is 28.2 Å². The molecule has 0 amide bonds. The van der Waals surface area contributed by atoms with E-state index in [1.54, 1.807) is 13.8 Å². The van der Waals surface area contributed by atoms with Crippen molar-refractivity contribution in [2.45, 2.75) is 52.2 Å². The maximum absolute atomic E-state index is 14.5. The standard InChI is InChI=1S/C24H31FN8O2/c1-13-6-15(11-31(10-13)19-9-27-32(14(19)2)12-24(3,4)34)21-29-22-16-7-17(25)20(35-5)8-18(16)28-23(26)33(22)30-21/h7-9,13,15,34H,6,10-12H2,1-5H3,(H2,26,28)/t13-,15+/m0/s1. The van der Waals surface area contributed by atoms with Gasteiger partial charge in [0, 0.05) is 30.5 Å². The summed E-state index contributed by atoms with van der Waals surface area (Å²) in [5, 5.41) is 19.9. The van der Waals surface area contributed by atoms with E-state index >= 15 is 0 Å². The van der Waals surface area contributed by atoms with Crippen LogP contribution in [0.15, 0.2) is 18.3 Å². The number of aromatic nitrogens is 6. The van der Waals surface area contributed by atoms with Crippen molar-refractivity contribution in [1.82, 2.24) is 29.4 Å². The lowest BCUT2D eigenvalue weighted by Crippen LogP contribution is -2.39. The van der Waals surface area contributed by atoms with Crippen LogP contribution in [0.3, 0.4) is 0 Å². The molecule has 5 rings (SSSR count). The fraction of sp³-hybridized carbons (Fsp3) is 0.500. The van der Waals surface area contributed by atoms with E-state index in [0.29, 0.717) is 41.4 Å². The SMILES string of the molecule is COc1cc2nc(N)n3nc([C@@H]4C[C@H](C)CN(c5cnn(CC(C)(C)O)c5C)C4)nc3c2cc1F. The van der Waals surface area contributed by atoms with Gasteiger partial charge in [-0.3, -0.25) is 4.68 Å². The Balaban J connectivity index is 1.50. The highest BCUT2D eigenvalue weighted by molar-refractivity contribution is 5.93. The summed E-state index contributed by atoms with van der Waals surface area (Å²) in [5.41, 5.74) is 8.35. The zero-order valence-electron chi connectivity index (χ0n) is 20.7. The van der Waals surface area contributed by atoms with Crippen LogP contribution in [0.5, 0.6) is 5.75 Å². The van der Waals surface area contributed by atoms with Crippen LogP contribution in [0.2, 0.25) is 0 Å². The topological polar surface area (TPSA) is 120 Å². The fourth-order valence-electron chi connectivity index (χ4n) is 4.98. The van der Waals surface area contributed by atoms with Gasteiger partial charge in [-0.15, -0.1) is 5.10 Å². The Morgan fingerprint density at radius 3 is 2.74 bits per heavy atom. The quantitative estimate of drug-likeness (QED) is 0.446. The van der Waals surface area contributed by atoms with Gasteiger partial charge < -0.3 is 20.5 Å². The molecule has 1 aromatic carbocycles. The van der Waals surface area contributed by atoms with Gasteiger partial charge in [0.05, 0.1) is 42.4 Å². The number of aliphatic hydroxyl groups is 1. The number of benzene rings is 1. The van der Waals surface area contributed by atoms with Crippen LogP contribution < -0.4 is 15.4 Å². The number of nitrogen functional groups attached to an aromatic ring is 1. The van der Waals surface area contributed by atoms with E-state index < -0.39 is 11.4 Å². The molecular weight excluding hydrogens is 451 g/mol. The minimum atomic E-state index is -0.855. The van der Waals surface area contributed by atoms with Gasteiger partial charge in [0.25, 0.3) is 0 Å². The molecule has 11 heteroatoms. The first-order valence-electron chi connectivity index (χ1n) is 11.7. The molecule has 0 radical (unpaired) electrons. The summed E-state index contributed by atoms with van der Waals surface area (Å²) in [4.78, 5) is 11.5. The molecule has 10 nitrogen and oxygen atoms in total. The van der Waals surface area contributed by atoms with Crippen LogP contribution in [0.4, 0.5) is 16.0 Å². The van der Waals surface area contributed by atoms with Crippen molar-refractivity contribution in [3.63, 3.8) is 0 Å². The molecule has 4 aromatic rings. The Morgan fingerprint density at radius 2 is 2.03 bits per heavy atom. The summed E-state index contributed by atoms with van der Waals surface area (Å²) in [6.07, 6.45) is 2.77. The van der Waals surface area contributed by atoms with Gasteiger partial charge in [0.2, 0.25) is 5.95 Å². The van der Waals surface area contributed by atoms with E-state index in [2.05, 4.69) is 27.0 Å². The highest BCUT2D eigenvalue weighted by Crippen LogP contribution is 2.34. The summed E-state index contributed by atoms with van der Waals surface area (Å²) in [6.45, 7) is 9.79. The third-order valence-electron chi connectivity index (χ3n) is 6.57. The van der Waals surface area contributed by atoms with Crippen LogP contribution in [0.1, 0.15) is 44.6 Å². The normalized spacial score (nSPS) is 19.1. The molecule has 35 heavy (non-hydrogen) atoms. The second-order valence-electron chi connectivity index (χ2n) is 10.2. The molecule has 0 unspecified atom stereocenters. The summed E-state index contributed by atoms with van der Waals surface area (Å²) in [6, 6.07) is 2.89. The molecule has 3 N–H and O–H groups in total. The average molecular weight is 483 g/mol. The van der Waals surface area contributed by atoms with Gasteiger partial charge in [0.1, 0.15) is 0 Å². The van der Waals surface area contributed by atoms with E-state index in [0.717, 1.165) is 24.3 Å². The summed E-state index contributed by atoms with van der Waals surface area (Å²) in [7, 11) is 1.41. The summed E-state index contributed by atoms with van der Waals surface area (Å²) >= 11 is 0. The van der Waals surface area contributed by atoms with Gasteiger partial charge in [0.15, 0.2) is 23.0 Å². The number of nitrogens with zero attached hydrogens (tertiary/aromatic N) is 7. The number of ether oxygens (including phenoxy) is 1. The molecule has 1 aliphatic heterocycles. The third-order valence-corrected chi connectivity index (χ3v) is 6.57. The van der Waals surface area contributed by atoms with Crippen molar-refractivity contribution in [1.29, 1.82) is 0 Å². The van der Waals surface area contributed by atoms with Crippen molar-refractivity contribution in [2.75, 3.05) is 30.8 Å². The van der Waals surface area contributed by atoms with Crippen molar-refractivity contribution < 1.29 is 14.2 Å². The largest absolute Gasteiger partial charge is 0.494 e. The lowest BCUT2D eigenvalue weighted by Gasteiger charge is -2.36. The summed E-state index contributed by atoms with van der Waals surface area (Å²) in [5.74, 6) is 0.893. The van der Waals surface area contributed by atoms with Crippen LogP contribution in [-0.2, 0) is 6.54 Å². The predicted molar refractivity (Wildman–Crippen MR) is 131 cm³/mol. The minimum Gasteiger partial charge on any atom is -0.494 e. The molecule has 4 heterocycles. The Labute approximate surface area is 202 Å². The van der Waals surface area contributed by atoms with Crippen molar-refractivity contribution in [3.05, 3.63) is 35.7 Å². The predicted octanol–water partition coefficient (Wildman–Crippen LogP) is 2.91. The highest BCUT2D eigenvalue weighted by Gasteiger charge is 2.31. The molecule has 0 spiro atoms. The molecular formula is C24H31FN8O2. The molecule has 0 bridgehead atoms. The Kier molecular flexibility index (Phi) is 5.54. The molecule has 0 saturated carbocycles.